The molecule has 2 fully saturated rings. The van der Waals surface area contributed by atoms with Crippen LogP contribution >= 0.6 is 0 Å². The van der Waals surface area contributed by atoms with Crippen LogP contribution in [0.25, 0.3) is 0 Å². The molecule has 0 spiro atoms. The van der Waals surface area contributed by atoms with E-state index >= 15 is 0 Å². The minimum Gasteiger partial charge on any atom is -0.282 e. The van der Waals surface area contributed by atoms with Crippen LogP contribution in [0.3, 0.4) is 0 Å². The van der Waals surface area contributed by atoms with Crippen molar-refractivity contribution in [3.05, 3.63) is 35.3 Å². The highest BCUT2D eigenvalue weighted by atomic mass is 32.2. The topological polar surface area (TPSA) is 54.4 Å². The highest BCUT2D eigenvalue weighted by molar-refractivity contribution is 7.89. The zero-order valence-corrected chi connectivity index (χ0v) is 27.5. The van der Waals surface area contributed by atoms with E-state index in [1.165, 1.54) is 77.0 Å². The summed E-state index contributed by atoms with van der Waals surface area (Å²) in [5.41, 5.74) is 1.13. The lowest BCUT2D eigenvalue weighted by Crippen LogP contribution is -2.19. The second-order valence-corrected chi connectivity index (χ2v) is 15.0. The molecule has 0 amide bonds. The van der Waals surface area contributed by atoms with Gasteiger partial charge in [-0.3, -0.25) is 4.55 Å². The molecule has 2 saturated carbocycles. The van der Waals surface area contributed by atoms with Crippen LogP contribution in [0.4, 0.5) is 0 Å². The predicted molar refractivity (Wildman–Crippen MR) is 174 cm³/mol. The zero-order chi connectivity index (χ0) is 29.4. The van der Waals surface area contributed by atoms with Crippen LogP contribution in [-0.2, 0) is 10.1 Å². The fraction of sp³-hybridized carbons (Fsp3) is 0.833. The third kappa shape index (κ3) is 13.4. The number of unbranched alkanes of at least 4 members (excludes halogenated alkanes) is 1. The van der Waals surface area contributed by atoms with E-state index in [-0.39, 0.29) is 10.8 Å². The second-order valence-electron chi connectivity index (χ2n) is 13.5. The molecule has 0 aliphatic heterocycles. The lowest BCUT2D eigenvalue weighted by molar-refractivity contribution is 0.233. The molecule has 2 rings (SSSR count). The first-order valence-corrected chi connectivity index (χ1v) is 18.6. The van der Waals surface area contributed by atoms with E-state index in [2.05, 4.69) is 46.4 Å². The van der Waals surface area contributed by atoms with Crippen molar-refractivity contribution >= 4 is 10.1 Å². The van der Waals surface area contributed by atoms with Crippen molar-refractivity contribution in [1.82, 2.24) is 0 Å². The summed E-state index contributed by atoms with van der Waals surface area (Å²) < 4.78 is 36.0. The van der Waals surface area contributed by atoms with Gasteiger partial charge in [-0.2, -0.15) is 8.42 Å². The summed E-state index contributed by atoms with van der Waals surface area (Å²) in [7, 11) is -4.24. The Hall–Kier alpha value is -0.870. The maximum atomic E-state index is 12.8. The number of allylic oxidation sites excluding steroid dienone is 5. The molecule has 2 aliphatic carbocycles. The molecule has 6 unspecified atom stereocenters. The van der Waals surface area contributed by atoms with Crippen LogP contribution in [0.15, 0.2) is 35.3 Å². The van der Waals surface area contributed by atoms with Crippen molar-refractivity contribution in [1.29, 1.82) is 0 Å². The monoisotopic (exact) mass is 576 g/mol. The molecular formula is C36H64O3S. The Labute approximate surface area is 249 Å². The molecule has 6 atom stereocenters. The third-order valence-corrected chi connectivity index (χ3v) is 11.1. The molecule has 0 saturated heterocycles. The molecule has 3 nitrogen and oxygen atoms in total. The summed E-state index contributed by atoms with van der Waals surface area (Å²) in [5.74, 6) is 3.35. The Kier molecular flexibility index (Phi) is 17.1. The predicted octanol–water partition coefficient (Wildman–Crippen LogP) is 11.5. The summed E-state index contributed by atoms with van der Waals surface area (Å²) in [6, 6.07) is 0. The first-order valence-electron chi connectivity index (χ1n) is 17.2. The molecule has 2 aliphatic rings. The van der Waals surface area contributed by atoms with E-state index in [0.29, 0.717) is 24.2 Å². The van der Waals surface area contributed by atoms with Gasteiger partial charge in [-0.1, -0.05) is 129 Å². The zero-order valence-electron chi connectivity index (χ0n) is 26.7. The average Bonchev–Trinajstić information content (AvgIpc) is 3.35. The smallest absolute Gasteiger partial charge is 0.282 e. The maximum absolute atomic E-state index is 12.8. The van der Waals surface area contributed by atoms with E-state index in [1.54, 1.807) is 0 Å². The third-order valence-electron chi connectivity index (χ3n) is 9.98. The highest BCUT2D eigenvalue weighted by Crippen LogP contribution is 2.40. The Morgan fingerprint density at radius 3 is 2.17 bits per heavy atom. The first-order chi connectivity index (χ1) is 19.2. The molecule has 0 aromatic heterocycles. The van der Waals surface area contributed by atoms with Crippen LogP contribution in [0, 0.1) is 35.5 Å². The summed E-state index contributed by atoms with van der Waals surface area (Å²) in [4.78, 5) is 0.287. The molecule has 0 heterocycles. The van der Waals surface area contributed by atoms with Crippen molar-refractivity contribution in [3.63, 3.8) is 0 Å². The molecule has 4 heteroatoms. The van der Waals surface area contributed by atoms with Crippen LogP contribution in [0.1, 0.15) is 156 Å². The van der Waals surface area contributed by atoms with Gasteiger partial charge < -0.3 is 0 Å². The van der Waals surface area contributed by atoms with Gasteiger partial charge in [-0.25, -0.2) is 0 Å². The van der Waals surface area contributed by atoms with Crippen LogP contribution < -0.4 is 0 Å². The van der Waals surface area contributed by atoms with Gasteiger partial charge in [0.1, 0.15) is 0 Å². The molecule has 40 heavy (non-hydrogen) atoms. The molecular weight excluding hydrogens is 512 g/mol. The van der Waals surface area contributed by atoms with Gasteiger partial charge in [-0.05, 0) is 87.4 Å². The number of hydrogen-bond acceptors (Lipinski definition) is 2. The maximum Gasteiger partial charge on any atom is 0.290 e. The standard InChI is InChI=1S/C36H64O3S/c1-6-9-10-16-29(4)23-24-30(5)27-35(26-25-32-18-11-17-31(28-32)14-7-2)36(40(37,38)39)22-13-21-34-20-12-19-33(34)15-8-3/h10,16,22,29,31-35H,5-9,11-15,17-21,23-28H2,1-4H3,(H,37,38,39). The molecule has 232 valence electrons. The number of hydrogen-bond donors (Lipinski definition) is 1. The van der Waals surface area contributed by atoms with Gasteiger partial charge in [-0.15, -0.1) is 0 Å². The van der Waals surface area contributed by atoms with Gasteiger partial charge in [0.2, 0.25) is 0 Å². The lowest BCUT2D eigenvalue weighted by atomic mass is 9.76. The SMILES string of the molecule is C=C(CCC(C)C=CCCC)CC(CCC1CCCC(CCC)C1)C(=CCCC1CCCC1CCC)S(=O)(=O)O. The Morgan fingerprint density at radius 2 is 1.52 bits per heavy atom. The molecule has 0 aromatic carbocycles. The fourth-order valence-corrected chi connectivity index (χ4v) is 8.71. The van der Waals surface area contributed by atoms with Crippen LogP contribution in [0.5, 0.6) is 0 Å². The van der Waals surface area contributed by atoms with E-state index < -0.39 is 10.1 Å². The largest absolute Gasteiger partial charge is 0.290 e. The average molecular weight is 577 g/mol. The Morgan fingerprint density at radius 1 is 0.875 bits per heavy atom. The van der Waals surface area contributed by atoms with Crippen molar-refractivity contribution < 1.29 is 13.0 Å². The molecule has 0 radical (unpaired) electrons. The Balaban J connectivity index is 2.11. The van der Waals surface area contributed by atoms with Crippen molar-refractivity contribution in [2.75, 3.05) is 0 Å². The van der Waals surface area contributed by atoms with E-state index in [4.69, 9.17) is 0 Å². The van der Waals surface area contributed by atoms with E-state index in [1.807, 2.05) is 6.08 Å². The van der Waals surface area contributed by atoms with Crippen LogP contribution in [0.2, 0.25) is 0 Å². The molecule has 1 N–H and O–H groups in total. The van der Waals surface area contributed by atoms with E-state index in [0.717, 1.165) is 62.4 Å². The summed E-state index contributed by atoms with van der Waals surface area (Å²) in [6.07, 6.45) is 29.3. The fourth-order valence-electron chi connectivity index (χ4n) is 7.76. The van der Waals surface area contributed by atoms with Crippen molar-refractivity contribution in [2.45, 2.75) is 156 Å². The van der Waals surface area contributed by atoms with Gasteiger partial charge in [0.05, 0.1) is 4.91 Å². The van der Waals surface area contributed by atoms with Gasteiger partial charge in [0, 0.05) is 5.92 Å². The highest BCUT2D eigenvalue weighted by Gasteiger charge is 2.29. The normalized spacial score (nSPS) is 25.9. The van der Waals surface area contributed by atoms with Crippen molar-refractivity contribution in [3.8, 4) is 0 Å². The molecule has 0 aromatic rings. The summed E-state index contributed by atoms with van der Waals surface area (Å²) in [5, 5.41) is 0. The number of rotatable bonds is 20. The van der Waals surface area contributed by atoms with Gasteiger partial charge >= 0.3 is 0 Å². The Bertz CT molecular complexity index is 868. The minimum atomic E-state index is -4.24. The quantitative estimate of drug-likeness (QED) is 0.116. The van der Waals surface area contributed by atoms with Gasteiger partial charge in [0.25, 0.3) is 10.1 Å². The summed E-state index contributed by atoms with van der Waals surface area (Å²) in [6.45, 7) is 13.4. The molecule has 0 bridgehead atoms. The first kappa shape index (κ1) is 35.3. The van der Waals surface area contributed by atoms with Gasteiger partial charge in [0.15, 0.2) is 0 Å². The summed E-state index contributed by atoms with van der Waals surface area (Å²) >= 11 is 0. The van der Waals surface area contributed by atoms with Crippen molar-refractivity contribution in [2.24, 2.45) is 35.5 Å². The van der Waals surface area contributed by atoms with E-state index in [9.17, 15) is 13.0 Å². The van der Waals surface area contributed by atoms with Crippen LogP contribution in [-0.4, -0.2) is 13.0 Å². The second kappa shape index (κ2) is 19.3. The minimum absolute atomic E-state index is 0.157. The lowest BCUT2D eigenvalue weighted by Gasteiger charge is -2.30.